The van der Waals surface area contributed by atoms with Gasteiger partial charge in [0.05, 0.1) is 0 Å². The molecular weight excluding hydrogens is 508 g/mol. The summed E-state index contributed by atoms with van der Waals surface area (Å²) in [6, 6.07) is 61.2. The summed E-state index contributed by atoms with van der Waals surface area (Å²) in [7, 11) is -1.20. The molecule has 0 aliphatic heterocycles. The van der Waals surface area contributed by atoms with Gasteiger partial charge in [-0.2, -0.15) is 0 Å². The molecule has 188 valence electrons. The van der Waals surface area contributed by atoms with Gasteiger partial charge in [-0.25, -0.2) is 0 Å². The van der Waals surface area contributed by atoms with Crippen LogP contribution in [0, 0.1) is 0 Å². The molecule has 1 nitrogen and oxygen atoms in total. The predicted molar refractivity (Wildman–Crippen MR) is 174 cm³/mol. The van der Waals surface area contributed by atoms with Gasteiger partial charge in [0, 0.05) is 11.4 Å². The number of hydrogen-bond acceptors (Lipinski definition) is 1. The maximum atomic E-state index is 3.61. The van der Waals surface area contributed by atoms with Crippen LogP contribution in [0.25, 0.3) is 0 Å². The zero-order valence-corrected chi connectivity index (χ0v) is 23.3. The lowest BCUT2D eigenvalue weighted by atomic mass is 10.2. The van der Waals surface area contributed by atoms with Gasteiger partial charge in [-0.15, -0.1) is 0 Å². The van der Waals surface area contributed by atoms with Crippen molar-refractivity contribution in [2.24, 2.45) is 0 Å². The first kappa shape index (κ1) is 25.3. The maximum absolute atomic E-state index is 3.61. The van der Waals surface area contributed by atoms with Gasteiger partial charge in [0.2, 0.25) is 0 Å². The minimum atomic E-state index is -0.599. The highest BCUT2D eigenvalue weighted by Gasteiger charge is 2.17. The Kier molecular flexibility index (Phi) is 7.92. The minimum Gasteiger partial charge on any atom is -0.356 e. The molecule has 0 aliphatic carbocycles. The van der Waals surface area contributed by atoms with Crippen LogP contribution in [0.2, 0.25) is 0 Å². The van der Waals surface area contributed by atoms with E-state index in [9.17, 15) is 0 Å². The molecule has 6 aromatic rings. The molecule has 0 bridgehead atoms. The van der Waals surface area contributed by atoms with Gasteiger partial charge in [-0.05, 0) is 71.9 Å². The Morgan fingerprint density at radius 2 is 0.487 bits per heavy atom. The fourth-order valence-electron chi connectivity index (χ4n) is 4.76. The van der Waals surface area contributed by atoms with Gasteiger partial charge in [-0.3, -0.25) is 0 Å². The quantitative estimate of drug-likeness (QED) is 0.207. The van der Waals surface area contributed by atoms with Crippen molar-refractivity contribution in [2.75, 3.05) is 5.32 Å². The fourth-order valence-corrected chi connectivity index (χ4v) is 9.32. The van der Waals surface area contributed by atoms with Crippen molar-refractivity contribution in [2.45, 2.75) is 0 Å². The Balaban J connectivity index is 1.24. The molecule has 0 amide bonds. The van der Waals surface area contributed by atoms with Crippen LogP contribution in [-0.2, 0) is 0 Å². The average molecular weight is 538 g/mol. The van der Waals surface area contributed by atoms with Crippen LogP contribution in [0.15, 0.2) is 170 Å². The standard InChI is InChI=1S/C36H29NP2/c1-5-13-31(14-6-1)38(32-15-7-2-8-16-32)35-25-21-29(22-26-35)37-30-23-27-36(28-24-30)39(33-17-9-3-10-18-33)34-19-11-4-12-20-34/h1-28,37H. The number of benzene rings is 6. The van der Waals surface area contributed by atoms with E-state index in [1.807, 2.05) is 0 Å². The summed E-state index contributed by atoms with van der Waals surface area (Å²) < 4.78 is 0. The van der Waals surface area contributed by atoms with Crippen molar-refractivity contribution in [3.05, 3.63) is 170 Å². The first-order valence-electron chi connectivity index (χ1n) is 13.1. The summed E-state index contributed by atoms with van der Waals surface area (Å²) in [4.78, 5) is 0. The van der Waals surface area contributed by atoms with Crippen LogP contribution < -0.4 is 37.1 Å². The molecule has 0 heterocycles. The third-order valence-electron chi connectivity index (χ3n) is 6.60. The van der Waals surface area contributed by atoms with Crippen LogP contribution >= 0.6 is 15.8 Å². The van der Waals surface area contributed by atoms with Gasteiger partial charge < -0.3 is 5.32 Å². The summed E-state index contributed by atoms with van der Waals surface area (Å²) >= 11 is 0. The lowest BCUT2D eigenvalue weighted by Crippen LogP contribution is -2.20. The highest BCUT2D eigenvalue weighted by Crippen LogP contribution is 2.34. The Morgan fingerprint density at radius 1 is 0.256 bits per heavy atom. The molecule has 6 aromatic carbocycles. The molecule has 3 heteroatoms. The summed E-state index contributed by atoms with van der Waals surface area (Å²) in [6.07, 6.45) is 0. The Morgan fingerprint density at radius 3 is 0.744 bits per heavy atom. The van der Waals surface area contributed by atoms with E-state index in [2.05, 4.69) is 175 Å². The predicted octanol–water partition coefficient (Wildman–Crippen LogP) is 6.95. The first-order chi connectivity index (χ1) is 19.3. The van der Waals surface area contributed by atoms with Crippen LogP contribution in [0.1, 0.15) is 0 Å². The highest BCUT2D eigenvalue weighted by atomic mass is 31.1. The molecular formula is C36H29NP2. The number of hydrogen-bond donors (Lipinski definition) is 1. The van der Waals surface area contributed by atoms with Crippen molar-refractivity contribution in [1.82, 2.24) is 0 Å². The molecule has 39 heavy (non-hydrogen) atoms. The van der Waals surface area contributed by atoms with Crippen LogP contribution in [0.3, 0.4) is 0 Å². The van der Waals surface area contributed by atoms with Crippen molar-refractivity contribution in [3.63, 3.8) is 0 Å². The SMILES string of the molecule is c1ccc(P(c2ccccc2)c2ccc(Nc3ccc(P(c4ccccc4)c4ccccc4)cc3)cc2)cc1. The Labute approximate surface area is 233 Å². The molecule has 0 fully saturated rings. The van der Waals surface area contributed by atoms with E-state index in [0.717, 1.165) is 11.4 Å². The number of rotatable bonds is 8. The van der Waals surface area contributed by atoms with Crippen molar-refractivity contribution >= 4 is 59.0 Å². The molecule has 0 saturated carbocycles. The third-order valence-corrected chi connectivity index (χ3v) is 11.5. The molecule has 0 aromatic heterocycles. The molecule has 1 N–H and O–H groups in total. The minimum absolute atomic E-state index is 0.599. The number of nitrogens with one attached hydrogen (secondary N) is 1. The van der Waals surface area contributed by atoms with Gasteiger partial charge in [0.25, 0.3) is 0 Å². The van der Waals surface area contributed by atoms with Crippen molar-refractivity contribution < 1.29 is 0 Å². The Hall–Kier alpha value is -4.02. The van der Waals surface area contributed by atoms with Gasteiger partial charge in [-0.1, -0.05) is 146 Å². The zero-order chi connectivity index (χ0) is 26.3. The number of anilines is 2. The molecule has 0 atom stereocenters. The topological polar surface area (TPSA) is 12.0 Å². The van der Waals surface area contributed by atoms with E-state index in [4.69, 9.17) is 0 Å². The molecule has 6 rings (SSSR count). The maximum Gasteiger partial charge on any atom is 0.0384 e. The van der Waals surface area contributed by atoms with Crippen molar-refractivity contribution in [1.29, 1.82) is 0 Å². The van der Waals surface area contributed by atoms with E-state index >= 15 is 0 Å². The van der Waals surface area contributed by atoms with Gasteiger partial charge in [0.15, 0.2) is 0 Å². The van der Waals surface area contributed by atoms with E-state index in [1.54, 1.807) is 0 Å². The van der Waals surface area contributed by atoms with E-state index in [0.29, 0.717) is 0 Å². The summed E-state index contributed by atoms with van der Waals surface area (Å²) in [5.41, 5.74) is 2.19. The largest absolute Gasteiger partial charge is 0.356 e. The average Bonchev–Trinajstić information content (AvgIpc) is 3.01. The van der Waals surface area contributed by atoms with E-state index in [-0.39, 0.29) is 0 Å². The highest BCUT2D eigenvalue weighted by molar-refractivity contribution is 7.80. The lowest BCUT2D eigenvalue weighted by Gasteiger charge is -2.20. The van der Waals surface area contributed by atoms with Crippen molar-refractivity contribution in [3.8, 4) is 0 Å². The normalized spacial score (nSPS) is 11.0. The lowest BCUT2D eigenvalue weighted by molar-refractivity contribution is 1.57. The first-order valence-corrected chi connectivity index (χ1v) is 15.8. The van der Waals surface area contributed by atoms with Crippen LogP contribution in [0.4, 0.5) is 11.4 Å². The van der Waals surface area contributed by atoms with Crippen LogP contribution in [0.5, 0.6) is 0 Å². The fraction of sp³-hybridized carbons (Fsp3) is 0. The van der Waals surface area contributed by atoms with E-state index in [1.165, 1.54) is 31.8 Å². The second-order valence-corrected chi connectivity index (χ2v) is 13.7. The summed E-state index contributed by atoms with van der Waals surface area (Å²) in [5.74, 6) is 0. The Bertz CT molecular complexity index is 1380. The molecule has 0 aliphatic rings. The molecule has 0 unspecified atom stereocenters. The monoisotopic (exact) mass is 537 g/mol. The smallest absolute Gasteiger partial charge is 0.0384 e. The van der Waals surface area contributed by atoms with Gasteiger partial charge >= 0.3 is 0 Å². The van der Waals surface area contributed by atoms with Crippen LogP contribution in [-0.4, -0.2) is 0 Å². The molecule has 0 radical (unpaired) electrons. The second-order valence-electron chi connectivity index (χ2n) is 9.23. The molecule has 0 spiro atoms. The third kappa shape index (κ3) is 6.02. The summed E-state index contributed by atoms with van der Waals surface area (Å²) in [5, 5.41) is 11.8. The zero-order valence-electron chi connectivity index (χ0n) is 21.6. The second kappa shape index (κ2) is 12.2. The molecule has 0 saturated heterocycles. The summed E-state index contributed by atoms with van der Waals surface area (Å²) in [6.45, 7) is 0. The van der Waals surface area contributed by atoms with Gasteiger partial charge in [0.1, 0.15) is 0 Å². The van der Waals surface area contributed by atoms with E-state index < -0.39 is 15.8 Å².